The van der Waals surface area contributed by atoms with Crippen molar-refractivity contribution >= 4 is 0 Å². The van der Waals surface area contributed by atoms with Gasteiger partial charge in [0.05, 0.1) is 25.2 Å². The Labute approximate surface area is 262 Å². The first-order valence-corrected chi connectivity index (χ1v) is 15.5. The maximum Gasteiger partial charge on any atom is 0.389 e. The minimum absolute atomic E-state index is 0.0719. The Bertz CT molecular complexity index is 659. The van der Waals surface area contributed by atoms with Crippen molar-refractivity contribution in [1.82, 2.24) is 0 Å². The quantitative estimate of drug-likeness (QED) is 0.0564. The van der Waals surface area contributed by atoms with Crippen molar-refractivity contribution < 1.29 is 51.2 Å². The summed E-state index contributed by atoms with van der Waals surface area (Å²) in [6.45, 7) is 13.8. The van der Waals surface area contributed by atoms with E-state index in [1.54, 1.807) is 18.2 Å². The van der Waals surface area contributed by atoms with Gasteiger partial charge in [0.25, 0.3) is 0 Å². The zero-order valence-corrected chi connectivity index (χ0v) is 27.5. The summed E-state index contributed by atoms with van der Waals surface area (Å²) < 4.78 is 96.5. The minimum Gasteiger partial charge on any atom is -0.395 e. The predicted molar refractivity (Wildman–Crippen MR) is 167 cm³/mol. The van der Waals surface area contributed by atoms with Crippen LogP contribution in [0, 0.1) is 5.41 Å². The molecule has 1 unspecified atom stereocenters. The van der Waals surface area contributed by atoms with Crippen LogP contribution in [-0.4, -0.2) is 63.9 Å². The Morgan fingerprint density at radius 2 is 0.818 bits per heavy atom. The first kappa shape index (κ1) is 49.4. The van der Waals surface area contributed by atoms with E-state index in [0.717, 1.165) is 32.1 Å². The van der Waals surface area contributed by atoms with Crippen molar-refractivity contribution in [1.29, 1.82) is 0 Å². The fraction of sp³-hybridized carbons (Fsp3) is 0.818. The van der Waals surface area contributed by atoms with E-state index in [1.165, 1.54) is 0 Å². The van der Waals surface area contributed by atoms with Gasteiger partial charge in [-0.1, -0.05) is 89.4 Å². The smallest absolute Gasteiger partial charge is 0.389 e. The van der Waals surface area contributed by atoms with E-state index in [9.17, 15) is 42.4 Å². The van der Waals surface area contributed by atoms with Gasteiger partial charge >= 0.3 is 18.0 Å². The number of unbranched alkanes of at least 4 members (excludes halogenated alkanes) is 10. The molecule has 0 aromatic carbocycles. The van der Waals surface area contributed by atoms with Gasteiger partial charge in [0, 0.05) is 12.8 Å². The molecule has 0 bridgehead atoms. The highest BCUT2D eigenvalue weighted by Gasteiger charge is 2.73. The third-order valence-electron chi connectivity index (χ3n) is 6.86. The average Bonchev–Trinajstić information content (AvgIpc) is 2.94. The summed E-state index contributed by atoms with van der Waals surface area (Å²) in [5.41, 5.74) is -6.30. The lowest BCUT2D eigenvalue weighted by Crippen LogP contribution is -2.70. The molecule has 0 saturated carbocycles. The fourth-order valence-corrected chi connectivity index (χ4v) is 4.30. The lowest BCUT2D eigenvalue weighted by Gasteiger charge is -2.50. The molecule has 11 heteroatoms. The molecule has 0 aliphatic rings. The predicted octanol–water partition coefficient (Wildman–Crippen LogP) is 9.96. The van der Waals surface area contributed by atoms with Gasteiger partial charge in [-0.15, -0.1) is 19.7 Å². The monoisotopic (exact) mass is 654 g/mol. The molecule has 1 atom stereocenters. The van der Waals surface area contributed by atoms with E-state index in [2.05, 4.69) is 26.7 Å². The molecule has 0 saturated heterocycles. The molecule has 4 nitrogen and oxygen atoms in total. The Balaban J connectivity index is -0.000000785. The highest BCUT2D eigenvalue weighted by molar-refractivity contribution is 5.11. The van der Waals surface area contributed by atoms with Crippen LogP contribution in [0.5, 0.6) is 0 Å². The molecule has 0 heterocycles. The Morgan fingerprint density at radius 3 is 1.14 bits per heavy atom. The molecule has 0 fully saturated rings. The number of allylic oxidation sites excluding steroid dienone is 3. The van der Waals surface area contributed by atoms with E-state index >= 15 is 8.78 Å². The minimum atomic E-state index is -5.12. The lowest BCUT2D eigenvalue weighted by atomic mass is 9.65. The van der Waals surface area contributed by atoms with Gasteiger partial charge in [0.15, 0.2) is 0 Å². The molecule has 4 N–H and O–H groups in total. The summed E-state index contributed by atoms with van der Waals surface area (Å²) in [5, 5.41) is 39.9. The lowest BCUT2D eigenvalue weighted by molar-refractivity contribution is -0.339. The zero-order chi connectivity index (χ0) is 35.3. The van der Waals surface area contributed by atoms with Crippen molar-refractivity contribution in [2.24, 2.45) is 5.41 Å². The number of hydrogen-bond acceptors (Lipinski definition) is 4. The summed E-state index contributed by atoms with van der Waals surface area (Å²) in [6, 6.07) is 0. The Hall–Kier alpha value is -1.43. The second kappa shape index (κ2) is 27.8. The maximum atomic E-state index is 15.3. The van der Waals surface area contributed by atoms with E-state index in [1.807, 2.05) is 20.8 Å². The van der Waals surface area contributed by atoms with Gasteiger partial charge in [-0.3, -0.25) is 0 Å². The van der Waals surface area contributed by atoms with Crippen LogP contribution in [0.1, 0.15) is 124 Å². The Morgan fingerprint density at radius 1 is 0.523 bits per heavy atom. The highest BCUT2D eigenvalue weighted by Crippen LogP contribution is 2.54. The van der Waals surface area contributed by atoms with Crippen molar-refractivity contribution in [3.63, 3.8) is 0 Å². The first-order valence-electron chi connectivity index (χ1n) is 15.5. The van der Waals surface area contributed by atoms with Crippen LogP contribution in [0.2, 0.25) is 0 Å². The summed E-state index contributed by atoms with van der Waals surface area (Å²) in [7, 11) is 0. The summed E-state index contributed by atoms with van der Waals surface area (Å²) in [4.78, 5) is 0. The molecule has 0 radical (unpaired) electrons. The number of halogens is 7. The average molecular weight is 655 g/mol. The van der Waals surface area contributed by atoms with Crippen molar-refractivity contribution in [3.8, 4) is 0 Å². The molecule has 0 rings (SSSR count). The molecule has 0 aliphatic carbocycles. The van der Waals surface area contributed by atoms with Crippen LogP contribution < -0.4 is 0 Å². The van der Waals surface area contributed by atoms with Gasteiger partial charge < -0.3 is 20.4 Å². The van der Waals surface area contributed by atoms with Crippen LogP contribution in [0.3, 0.4) is 0 Å². The van der Waals surface area contributed by atoms with Crippen LogP contribution in [0.15, 0.2) is 38.0 Å². The second-order valence-corrected chi connectivity index (χ2v) is 10.9. The largest absolute Gasteiger partial charge is 0.395 e. The van der Waals surface area contributed by atoms with E-state index in [-0.39, 0.29) is 25.7 Å². The van der Waals surface area contributed by atoms with Gasteiger partial charge in [-0.2, -0.15) is 30.7 Å². The molecule has 0 aliphatic heterocycles. The molecule has 0 aromatic heterocycles. The van der Waals surface area contributed by atoms with Gasteiger partial charge in [0.1, 0.15) is 5.60 Å². The van der Waals surface area contributed by atoms with Crippen molar-refractivity contribution in [2.75, 3.05) is 19.8 Å². The third-order valence-corrected chi connectivity index (χ3v) is 6.86. The number of aliphatic hydroxyl groups is 4. The SMILES string of the molecule is C=CC.C=CC.C=CC.CCCCCCCCCCC(O)(C(CO)(CO)CO)C(F)(F)C(F)(F)CCCCCCC(F)(F)F. The molecule has 266 valence electrons. The molecular formula is C33H61F7O4. The number of aliphatic hydroxyl groups excluding tert-OH is 3. The van der Waals surface area contributed by atoms with Gasteiger partial charge in [-0.05, 0) is 40.0 Å². The standard InChI is InChI=1S/C24H43F7O4.3C3H6/c1-2-3-4-5-6-7-8-11-14-21(35,20(17-32,18-33)19-34)24(30,31)22(25,26)15-12-9-10-13-16-23(27,28)29;3*1-3-2/h32-35H,2-19H2,1H3;3*3H,1H2,2H3. The molecule has 0 aromatic rings. The molecule has 0 spiro atoms. The third kappa shape index (κ3) is 19.9. The maximum absolute atomic E-state index is 15.3. The molecule has 44 heavy (non-hydrogen) atoms. The Kier molecular flexibility index (Phi) is 31.3. The normalized spacial score (nSPS) is 13.2. The molecule has 0 amide bonds. The van der Waals surface area contributed by atoms with Gasteiger partial charge in [0.2, 0.25) is 0 Å². The fourth-order valence-electron chi connectivity index (χ4n) is 4.30. The number of hydrogen-bond donors (Lipinski definition) is 4. The van der Waals surface area contributed by atoms with E-state index < -0.39 is 74.5 Å². The van der Waals surface area contributed by atoms with Gasteiger partial charge in [-0.25, -0.2) is 0 Å². The van der Waals surface area contributed by atoms with Crippen molar-refractivity contribution in [2.45, 2.75) is 148 Å². The number of alkyl halides is 7. The van der Waals surface area contributed by atoms with Crippen LogP contribution >= 0.6 is 0 Å². The van der Waals surface area contributed by atoms with E-state index in [0.29, 0.717) is 12.8 Å². The van der Waals surface area contributed by atoms with Crippen LogP contribution in [-0.2, 0) is 0 Å². The van der Waals surface area contributed by atoms with Crippen molar-refractivity contribution in [3.05, 3.63) is 38.0 Å². The topological polar surface area (TPSA) is 80.9 Å². The second-order valence-electron chi connectivity index (χ2n) is 10.9. The zero-order valence-electron chi connectivity index (χ0n) is 27.5. The highest BCUT2D eigenvalue weighted by atomic mass is 19.4. The summed E-state index contributed by atoms with van der Waals surface area (Å²) in [5.74, 6) is -9.90. The van der Waals surface area contributed by atoms with Crippen LogP contribution in [0.4, 0.5) is 30.7 Å². The first-order chi connectivity index (χ1) is 20.4. The van der Waals surface area contributed by atoms with Crippen LogP contribution in [0.25, 0.3) is 0 Å². The molecular weight excluding hydrogens is 593 g/mol. The number of rotatable bonds is 21. The summed E-state index contributed by atoms with van der Waals surface area (Å²) >= 11 is 0. The summed E-state index contributed by atoms with van der Waals surface area (Å²) in [6.07, 6.45) is 2.25. The van der Waals surface area contributed by atoms with E-state index in [4.69, 9.17) is 0 Å².